The molecule has 0 spiro atoms. The predicted octanol–water partition coefficient (Wildman–Crippen LogP) is 0.803. The Hall–Kier alpha value is -1.15. The van der Waals surface area contributed by atoms with E-state index in [1.54, 1.807) is 13.8 Å². The first-order valence-corrected chi connectivity index (χ1v) is 8.00. The van der Waals surface area contributed by atoms with Gasteiger partial charge in [0.1, 0.15) is 0 Å². The standard InChI is InChI=1S/C11H22N4O3S/c1-8(2)12-6-9-14-15-10(18-9)13-7-11(3,4)19(5,16)17/h8,12H,6-7H2,1-5H3,(H,13,15). The van der Waals surface area contributed by atoms with Crippen molar-refractivity contribution in [3.05, 3.63) is 5.89 Å². The monoisotopic (exact) mass is 290 g/mol. The summed E-state index contributed by atoms with van der Waals surface area (Å²) < 4.78 is 27.5. The molecular formula is C11H22N4O3S. The number of nitrogens with one attached hydrogen (secondary N) is 2. The molecule has 1 heterocycles. The largest absolute Gasteiger partial charge is 0.407 e. The van der Waals surface area contributed by atoms with E-state index in [9.17, 15) is 8.42 Å². The average Bonchev–Trinajstić information content (AvgIpc) is 2.70. The zero-order chi connectivity index (χ0) is 14.7. The van der Waals surface area contributed by atoms with Crippen LogP contribution in [0.15, 0.2) is 4.42 Å². The minimum Gasteiger partial charge on any atom is -0.407 e. The maximum atomic E-state index is 11.5. The van der Waals surface area contributed by atoms with Gasteiger partial charge >= 0.3 is 6.01 Å². The first-order valence-electron chi connectivity index (χ1n) is 6.11. The van der Waals surface area contributed by atoms with E-state index in [2.05, 4.69) is 20.8 Å². The quantitative estimate of drug-likeness (QED) is 0.766. The van der Waals surface area contributed by atoms with E-state index in [4.69, 9.17) is 4.42 Å². The summed E-state index contributed by atoms with van der Waals surface area (Å²) >= 11 is 0. The number of anilines is 1. The highest BCUT2D eigenvalue weighted by molar-refractivity contribution is 7.92. The van der Waals surface area contributed by atoms with Gasteiger partial charge in [-0.05, 0) is 13.8 Å². The van der Waals surface area contributed by atoms with Crippen LogP contribution in [0.1, 0.15) is 33.6 Å². The molecule has 1 aromatic heterocycles. The highest BCUT2D eigenvalue weighted by atomic mass is 32.2. The van der Waals surface area contributed by atoms with Crippen LogP contribution in [-0.4, -0.2) is 42.2 Å². The molecule has 110 valence electrons. The van der Waals surface area contributed by atoms with Crippen LogP contribution >= 0.6 is 0 Å². The molecule has 0 amide bonds. The first kappa shape index (κ1) is 15.9. The Morgan fingerprint density at radius 3 is 2.47 bits per heavy atom. The fourth-order valence-electron chi connectivity index (χ4n) is 1.11. The molecule has 0 aromatic carbocycles. The lowest BCUT2D eigenvalue weighted by Gasteiger charge is -2.21. The molecule has 19 heavy (non-hydrogen) atoms. The maximum absolute atomic E-state index is 11.5. The number of rotatable bonds is 7. The summed E-state index contributed by atoms with van der Waals surface area (Å²) in [5.41, 5.74) is 0. The molecule has 0 bridgehead atoms. The molecule has 1 rings (SSSR count). The maximum Gasteiger partial charge on any atom is 0.315 e. The zero-order valence-electron chi connectivity index (χ0n) is 12.0. The fourth-order valence-corrected chi connectivity index (χ4v) is 1.44. The summed E-state index contributed by atoms with van der Waals surface area (Å²) in [5.74, 6) is 0.466. The van der Waals surface area contributed by atoms with Gasteiger partial charge in [-0.1, -0.05) is 18.9 Å². The lowest BCUT2D eigenvalue weighted by Crippen LogP contribution is -2.38. The lowest BCUT2D eigenvalue weighted by molar-refractivity contribution is 0.457. The summed E-state index contributed by atoms with van der Waals surface area (Å²) in [7, 11) is -3.15. The Bertz CT molecular complexity index is 508. The Labute approximate surface area is 114 Å². The second kappa shape index (κ2) is 5.87. The van der Waals surface area contributed by atoms with E-state index in [-0.39, 0.29) is 12.6 Å². The van der Waals surface area contributed by atoms with Crippen LogP contribution in [0.4, 0.5) is 6.01 Å². The van der Waals surface area contributed by atoms with Crippen molar-refractivity contribution in [1.82, 2.24) is 15.5 Å². The van der Waals surface area contributed by atoms with Gasteiger partial charge in [-0.15, -0.1) is 5.10 Å². The van der Waals surface area contributed by atoms with Crippen LogP contribution in [0.5, 0.6) is 0 Å². The third kappa shape index (κ3) is 4.79. The van der Waals surface area contributed by atoms with Crippen molar-refractivity contribution < 1.29 is 12.8 Å². The number of hydrogen-bond acceptors (Lipinski definition) is 7. The van der Waals surface area contributed by atoms with E-state index < -0.39 is 14.6 Å². The second-order valence-electron chi connectivity index (χ2n) is 5.42. The van der Waals surface area contributed by atoms with Gasteiger partial charge in [0.15, 0.2) is 9.84 Å². The minimum absolute atomic E-state index is 0.213. The smallest absolute Gasteiger partial charge is 0.315 e. The minimum atomic E-state index is -3.15. The molecule has 0 aliphatic carbocycles. The van der Waals surface area contributed by atoms with Crippen molar-refractivity contribution in [1.29, 1.82) is 0 Å². The number of aromatic nitrogens is 2. The van der Waals surface area contributed by atoms with Crippen molar-refractivity contribution in [3.63, 3.8) is 0 Å². The number of hydrogen-bond donors (Lipinski definition) is 2. The highest BCUT2D eigenvalue weighted by Crippen LogP contribution is 2.16. The molecule has 0 radical (unpaired) electrons. The lowest BCUT2D eigenvalue weighted by atomic mass is 10.2. The van der Waals surface area contributed by atoms with Gasteiger partial charge < -0.3 is 15.1 Å². The zero-order valence-corrected chi connectivity index (χ0v) is 12.8. The Kier molecular flexibility index (Phi) is 4.92. The molecule has 0 fully saturated rings. The van der Waals surface area contributed by atoms with Gasteiger partial charge in [-0.25, -0.2) is 8.42 Å². The fraction of sp³-hybridized carbons (Fsp3) is 0.818. The van der Waals surface area contributed by atoms with Crippen LogP contribution < -0.4 is 10.6 Å². The van der Waals surface area contributed by atoms with Crippen molar-refractivity contribution in [3.8, 4) is 0 Å². The topological polar surface area (TPSA) is 97.1 Å². The summed E-state index contributed by atoms with van der Waals surface area (Å²) in [6, 6.07) is 0.560. The van der Waals surface area contributed by atoms with Crippen LogP contribution in [0, 0.1) is 0 Å². The van der Waals surface area contributed by atoms with Crippen molar-refractivity contribution in [2.24, 2.45) is 0 Å². The summed E-state index contributed by atoms with van der Waals surface area (Å²) in [6.45, 7) is 8.03. The molecule has 0 aliphatic heterocycles. The number of sulfone groups is 1. The molecule has 0 aliphatic rings. The van der Waals surface area contributed by atoms with Crippen molar-refractivity contribution in [2.75, 3.05) is 18.1 Å². The van der Waals surface area contributed by atoms with Gasteiger partial charge in [0.25, 0.3) is 0 Å². The van der Waals surface area contributed by atoms with Gasteiger partial charge in [-0.3, -0.25) is 0 Å². The van der Waals surface area contributed by atoms with Gasteiger partial charge in [0.05, 0.1) is 11.3 Å². The molecular weight excluding hydrogens is 268 g/mol. The third-order valence-corrected chi connectivity index (χ3v) is 4.95. The van der Waals surface area contributed by atoms with Crippen molar-refractivity contribution in [2.45, 2.75) is 45.0 Å². The summed E-state index contributed by atoms with van der Waals surface area (Å²) in [5, 5.41) is 13.7. The molecule has 2 N–H and O–H groups in total. The Balaban J connectivity index is 2.55. The van der Waals surface area contributed by atoms with E-state index in [0.717, 1.165) is 0 Å². The molecule has 0 unspecified atom stereocenters. The van der Waals surface area contributed by atoms with Gasteiger partial charge in [0, 0.05) is 18.8 Å². The van der Waals surface area contributed by atoms with Gasteiger partial charge in [-0.2, -0.15) is 0 Å². The van der Waals surface area contributed by atoms with Crippen LogP contribution in [-0.2, 0) is 16.4 Å². The van der Waals surface area contributed by atoms with Crippen LogP contribution in [0.3, 0.4) is 0 Å². The predicted molar refractivity (Wildman–Crippen MR) is 73.7 cm³/mol. The molecule has 0 saturated heterocycles. The normalized spacial score (nSPS) is 12.9. The van der Waals surface area contributed by atoms with Crippen molar-refractivity contribution >= 4 is 15.9 Å². The molecule has 1 aromatic rings. The Morgan fingerprint density at radius 2 is 1.95 bits per heavy atom. The Morgan fingerprint density at radius 1 is 1.32 bits per heavy atom. The van der Waals surface area contributed by atoms with E-state index in [1.807, 2.05) is 13.8 Å². The first-order chi connectivity index (χ1) is 8.62. The molecule has 0 saturated carbocycles. The third-order valence-electron chi connectivity index (χ3n) is 2.80. The van der Waals surface area contributed by atoms with Crippen LogP contribution in [0.25, 0.3) is 0 Å². The molecule has 8 heteroatoms. The second-order valence-corrected chi connectivity index (χ2v) is 8.07. The summed E-state index contributed by atoms with van der Waals surface area (Å²) in [6.07, 6.45) is 1.21. The van der Waals surface area contributed by atoms with E-state index in [1.165, 1.54) is 6.26 Å². The number of nitrogens with zero attached hydrogens (tertiary/aromatic N) is 2. The van der Waals surface area contributed by atoms with E-state index in [0.29, 0.717) is 18.5 Å². The SMILES string of the molecule is CC(C)NCc1nnc(NCC(C)(C)S(C)(=O)=O)o1. The summed E-state index contributed by atoms with van der Waals surface area (Å²) in [4.78, 5) is 0. The van der Waals surface area contributed by atoms with Crippen LogP contribution in [0.2, 0.25) is 0 Å². The highest BCUT2D eigenvalue weighted by Gasteiger charge is 2.30. The molecule has 0 atom stereocenters. The van der Waals surface area contributed by atoms with E-state index >= 15 is 0 Å². The average molecular weight is 290 g/mol. The molecule has 7 nitrogen and oxygen atoms in total. The van der Waals surface area contributed by atoms with Gasteiger partial charge in [0.2, 0.25) is 5.89 Å².